The molecule has 27 heavy (non-hydrogen) atoms. The Hall–Kier alpha value is -2.76. The highest BCUT2D eigenvalue weighted by molar-refractivity contribution is 6.03. The lowest BCUT2D eigenvalue weighted by molar-refractivity contribution is 0.0498. The summed E-state index contributed by atoms with van der Waals surface area (Å²) in [7, 11) is 3.18. The maximum atomic E-state index is 12.8. The van der Waals surface area contributed by atoms with Crippen molar-refractivity contribution in [3.8, 4) is 11.5 Å². The van der Waals surface area contributed by atoms with Crippen LogP contribution >= 0.6 is 0 Å². The van der Waals surface area contributed by atoms with Crippen molar-refractivity contribution >= 4 is 11.8 Å². The van der Waals surface area contributed by atoms with Crippen molar-refractivity contribution in [2.45, 2.75) is 39.0 Å². The predicted molar refractivity (Wildman–Crippen MR) is 101 cm³/mol. The fraction of sp³-hybridized carbons (Fsp3) is 0.429. The summed E-state index contributed by atoms with van der Waals surface area (Å²) in [6.45, 7) is 4.10. The average molecular weight is 371 g/mol. The van der Waals surface area contributed by atoms with Crippen LogP contribution in [0.2, 0.25) is 0 Å². The van der Waals surface area contributed by atoms with Crippen molar-refractivity contribution < 1.29 is 23.8 Å². The van der Waals surface area contributed by atoms with Crippen LogP contribution in [-0.2, 0) is 11.2 Å². The number of carbonyl (C=O) groups excluding carboxylic acids is 2. The summed E-state index contributed by atoms with van der Waals surface area (Å²) in [6, 6.07) is 5.71. The van der Waals surface area contributed by atoms with E-state index in [1.54, 1.807) is 21.1 Å². The number of esters is 1. The van der Waals surface area contributed by atoms with Crippen LogP contribution in [0.25, 0.3) is 0 Å². The number of fused-ring (bicyclic) bond motifs is 1. The van der Waals surface area contributed by atoms with Gasteiger partial charge < -0.3 is 19.2 Å². The summed E-state index contributed by atoms with van der Waals surface area (Å²) in [5, 5.41) is 0. The molecule has 144 valence electrons. The first-order chi connectivity index (χ1) is 13.0. The molecule has 0 aliphatic heterocycles. The molecule has 0 radical (unpaired) electrons. The topological polar surface area (TPSA) is 77.6 Å². The monoisotopic (exact) mass is 371 g/mol. The van der Waals surface area contributed by atoms with Gasteiger partial charge in [0.1, 0.15) is 5.69 Å². The van der Waals surface area contributed by atoms with E-state index in [0.29, 0.717) is 47.8 Å². The summed E-state index contributed by atoms with van der Waals surface area (Å²) < 4.78 is 15.9. The summed E-state index contributed by atoms with van der Waals surface area (Å²) in [4.78, 5) is 28.2. The third-order valence-corrected chi connectivity index (χ3v) is 5.01. The van der Waals surface area contributed by atoms with Gasteiger partial charge in [0.2, 0.25) is 0 Å². The third-order valence-electron chi connectivity index (χ3n) is 5.01. The van der Waals surface area contributed by atoms with E-state index in [4.69, 9.17) is 14.2 Å². The first-order valence-corrected chi connectivity index (χ1v) is 9.13. The zero-order valence-corrected chi connectivity index (χ0v) is 16.2. The molecule has 1 N–H and O–H groups in total. The zero-order chi connectivity index (χ0) is 19.6. The number of benzene rings is 1. The van der Waals surface area contributed by atoms with Crippen molar-refractivity contribution in [3.63, 3.8) is 0 Å². The van der Waals surface area contributed by atoms with Gasteiger partial charge in [0.05, 0.1) is 20.8 Å². The number of H-pyrrole nitrogens is 1. The minimum absolute atomic E-state index is 0.0161. The van der Waals surface area contributed by atoms with Crippen molar-refractivity contribution in [1.29, 1.82) is 0 Å². The highest BCUT2D eigenvalue weighted by Gasteiger charge is 2.32. The number of methoxy groups -OCH3 is 2. The number of Topliss-reactive ketones (excluding diaryl/α,β-unsaturated/α-hetero) is 1. The van der Waals surface area contributed by atoms with Crippen LogP contribution in [0.4, 0.5) is 0 Å². The molecule has 1 aromatic carbocycles. The summed E-state index contributed by atoms with van der Waals surface area (Å²) in [5.74, 6) is 0.946. The highest BCUT2D eigenvalue weighted by atomic mass is 16.5. The molecule has 1 aliphatic carbocycles. The van der Waals surface area contributed by atoms with Crippen LogP contribution in [-0.4, -0.2) is 37.6 Å². The molecule has 0 bridgehead atoms. The minimum Gasteiger partial charge on any atom is -0.493 e. The second kappa shape index (κ2) is 7.86. The molecular formula is C21H25NO5. The van der Waals surface area contributed by atoms with Crippen LogP contribution < -0.4 is 9.47 Å². The number of hydrogen-bond acceptors (Lipinski definition) is 5. The third kappa shape index (κ3) is 3.56. The minimum atomic E-state index is -0.404. The van der Waals surface area contributed by atoms with Gasteiger partial charge in [-0.3, -0.25) is 4.79 Å². The smallest absolute Gasteiger partial charge is 0.355 e. The van der Waals surface area contributed by atoms with Crippen molar-refractivity contribution in [2.75, 3.05) is 20.8 Å². The maximum absolute atomic E-state index is 12.8. The molecule has 0 unspecified atom stereocenters. The number of ether oxygens (including phenoxy) is 3. The number of aromatic amines is 1. The second-order valence-corrected chi connectivity index (χ2v) is 6.76. The lowest BCUT2D eigenvalue weighted by Gasteiger charge is -2.23. The highest BCUT2D eigenvalue weighted by Crippen LogP contribution is 2.38. The van der Waals surface area contributed by atoms with Gasteiger partial charge in [0, 0.05) is 17.7 Å². The normalized spacial score (nSPS) is 16.0. The van der Waals surface area contributed by atoms with Crippen LogP contribution in [0.5, 0.6) is 11.5 Å². The van der Waals surface area contributed by atoms with E-state index in [1.807, 2.05) is 25.1 Å². The summed E-state index contributed by atoms with van der Waals surface area (Å²) in [6.07, 6.45) is 1.80. The molecule has 0 amide bonds. The summed E-state index contributed by atoms with van der Waals surface area (Å²) >= 11 is 0. The van der Waals surface area contributed by atoms with E-state index >= 15 is 0 Å². The number of carbonyl (C=O) groups is 2. The zero-order valence-electron chi connectivity index (χ0n) is 16.2. The lowest BCUT2D eigenvalue weighted by Crippen LogP contribution is -2.18. The van der Waals surface area contributed by atoms with Crippen molar-refractivity contribution in [2.24, 2.45) is 0 Å². The van der Waals surface area contributed by atoms with E-state index in [2.05, 4.69) is 4.98 Å². The van der Waals surface area contributed by atoms with Gasteiger partial charge in [-0.05, 0) is 48.9 Å². The number of hydrogen-bond donors (Lipinski definition) is 1. The van der Waals surface area contributed by atoms with Crippen molar-refractivity contribution in [3.05, 3.63) is 46.3 Å². The molecule has 0 fully saturated rings. The number of rotatable bonds is 6. The first kappa shape index (κ1) is 19.0. The van der Waals surface area contributed by atoms with Crippen LogP contribution in [0.3, 0.4) is 0 Å². The number of ketones is 1. The van der Waals surface area contributed by atoms with Gasteiger partial charge in [-0.1, -0.05) is 13.0 Å². The van der Waals surface area contributed by atoms with E-state index < -0.39 is 5.97 Å². The number of aromatic nitrogens is 1. The molecule has 3 rings (SSSR count). The van der Waals surface area contributed by atoms with E-state index in [1.165, 1.54) is 0 Å². The standard InChI is InChI=1S/C21H25NO5/c1-5-8-27-21(24)20-12(2)19-15(22-20)9-14(10-16(19)23)13-6-7-17(25-3)18(11-13)26-4/h6-7,11,14,22H,5,8-10H2,1-4H3/t14-/m1/s1. The fourth-order valence-electron chi connectivity index (χ4n) is 3.65. The Kier molecular flexibility index (Phi) is 5.54. The van der Waals surface area contributed by atoms with E-state index in [-0.39, 0.29) is 11.7 Å². The molecule has 1 aliphatic rings. The van der Waals surface area contributed by atoms with Gasteiger partial charge in [-0.2, -0.15) is 0 Å². The SMILES string of the molecule is CCCOC(=O)c1[nH]c2c(c1C)C(=O)C[C@H](c1ccc(OC)c(OC)c1)C2. The average Bonchev–Trinajstić information content (AvgIpc) is 3.02. The lowest BCUT2D eigenvalue weighted by atomic mass is 9.81. The van der Waals surface area contributed by atoms with Gasteiger partial charge in [-0.15, -0.1) is 0 Å². The molecule has 6 heteroatoms. The van der Waals surface area contributed by atoms with Crippen molar-refractivity contribution in [1.82, 2.24) is 4.98 Å². The Labute approximate surface area is 158 Å². The molecular weight excluding hydrogens is 346 g/mol. The van der Waals surface area contributed by atoms with Gasteiger partial charge in [0.25, 0.3) is 0 Å². The molecule has 0 spiro atoms. The largest absolute Gasteiger partial charge is 0.493 e. The first-order valence-electron chi connectivity index (χ1n) is 9.13. The van der Waals surface area contributed by atoms with Crippen LogP contribution in [0.1, 0.15) is 63.4 Å². The van der Waals surface area contributed by atoms with Crippen LogP contribution in [0, 0.1) is 6.92 Å². The van der Waals surface area contributed by atoms with E-state index in [0.717, 1.165) is 17.7 Å². The number of nitrogens with one attached hydrogen (secondary N) is 1. The predicted octanol–water partition coefficient (Wildman–Crippen LogP) is 3.82. The van der Waals surface area contributed by atoms with Gasteiger partial charge >= 0.3 is 5.97 Å². The Morgan fingerprint density at radius 1 is 1.19 bits per heavy atom. The molecule has 1 heterocycles. The van der Waals surface area contributed by atoms with Crippen LogP contribution in [0.15, 0.2) is 18.2 Å². The second-order valence-electron chi connectivity index (χ2n) is 6.76. The Morgan fingerprint density at radius 3 is 2.59 bits per heavy atom. The Morgan fingerprint density at radius 2 is 1.93 bits per heavy atom. The van der Waals surface area contributed by atoms with Gasteiger partial charge in [-0.25, -0.2) is 4.79 Å². The van der Waals surface area contributed by atoms with Gasteiger partial charge in [0.15, 0.2) is 17.3 Å². The quantitative estimate of drug-likeness (QED) is 0.781. The molecule has 6 nitrogen and oxygen atoms in total. The molecule has 0 saturated carbocycles. The molecule has 1 atom stereocenters. The molecule has 2 aromatic rings. The molecule has 1 aromatic heterocycles. The molecule has 0 saturated heterocycles. The maximum Gasteiger partial charge on any atom is 0.355 e. The summed E-state index contributed by atoms with van der Waals surface area (Å²) in [5.41, 5.74) is 3.51. The fourth-order valence-corrected chi connectivity index (χ4v) is 3.65. The van der Waals surface area contributed by atoms with E-state index in [9.17, 15) is 9.59 Å². The Bertz CT molecular complexity index is 868. The Balaban J connectivity index is 1.90.